The molecule has 3 nitrogen and oxygen atoms in total. The van der Waals surface area contributed by atoms with E-state index in [2.05, 4.69) is 6.92 Å². The van der Waals surface area contributed by atoms with Crippen molar-refractivity contribution < 1.29 is 14.3 Å². The molecule has 3 unspecified atom stereocenters. The molecule has 1 saturated heterocycles. The molecular formula is C9H16O3. The first-order chi connectivity index (χ1) is 5.81. The molecule has 70 valence electrons. The fraction of sp³-hybridized carbons (Fsp3) is 0.889. The summed E-state index contributed by atoms with van der Waals surface area (Å²) in [5.41, 5.74) is 0. The lowest BCUT2D eigenvalue weighted by molar-refractivity contribution is -0.143. The van der Waals surface area contributed by atoms with E-state index < -0.39 is 0 Å². The summed E-state index contributed by atoms with van der Waals surface area (Å²) in [7, 11) is 1.63. The third kappa shape index (κ3) is 2.05. The SMILES string of the molecule is CCCC1CC(C=O)OC1OC. The van der Waals surface area contributed by atoms with Crippen molar-refractivity contribution >= 4 is 6.29 Å². The van der Waals surface area contributed by atoms with Gasteiger partial charge in [0.05, 0.1) is 0 Å². The van der Waals surface area contributed by atoms with Gasteiger partial charge < -0.3 is 14.3 Å². The minimum Gasteiger partial charge on any atom is -0.356 e. The van der Waals surface area contributed by atoms with Crippen molar-refractivity contribution in [3.8, 4) is 0 Å². The van der Waals surface area contributed by atoms with Crippen LogP contribution in [-0.2, 0) is 14.3 Å². The van der Waals surface area contributed by atoms with Crippen LogP contribution in [0.5, 0.6) is 0 Å². The Labute approximate surface area is 73.0 Å². The lowest BCUT2D eigenvalue weighted by Crippen LogP contribution is -2.18. The quantitative estimate of drug-likeness (QED) is 0.601. The van der Waals surface area contributed by atoms with Gasteiger partial charge >= 0.3 is 0 Å². The van der Waals surface area contributed by atoms with E-state index >= 15 is 0 Å². The van der Waals surface area contributed by atoms with Gasteiger partial charge in [-0.25, -0.2) is 0 Å². The average molecular weight is 172 g/mol. The summed E-state index contributed by atoms with van der Waals surface area (Å²) in [6, 6.07) is 0. The van der Waals surface area contributed by atoms with Crippen molar-refractivity contribution in [3.63, 3.8) is 0 Å². The first-order valence-electron chi connectivity index (χ1n) is 4.45. The van der Waals surface area contributed by atoms with Crippen LogP contribution >= 0.6 is 0 Å². The lowest BCUT2D eigenvalue weighted by atomic mass is 9.99. The van der Waals surface area contributed by atoms with Crippen molar-refractivity contribution in [3.05, 3.63) is 0 Å². The number of ether oxygens (including phenoxy) is 2. The van der Waals surface area contributed by atoms with E-state index in [1.165, 1.54) is 0 Å². The Morgan fingerprint density at radius 3 is 2.92 bits per heavy atom. The van der Waals surface area contributed by atoms with Gasteiger partial charge in [-0.3, -0.25) is 0 Å². The normalized spacial score (nSPS) is 35.3. The van der Waals surface area contributed by atoms with Crippen LogP contribution in [0.1, 0.15) is 26.2 Å². The second-order valence-corrected chi connectivity index (χ2v) is 3.20. The molecule has 0 radical (unpaired) electrons. The molecule has 1 fully saturated rings. The highest BCUT2D eigenvalue weighted by Crippen LogP contribution is 2.29. The number of aldehydes is 1. The summed E-state index contributed by atoms with van der Waals surface area (Å²) in [6.45, 7) is 2.13. The van der Waals surface area contributed by atoms with Gasteiger partial charge in [0.25, 0.3) is 0 Å². The number of rotatable bonds is 4. The Kier molecular flexibility index (Phi) is 3.69. The topological polar surface area (TPSA) is 35.5 Å². The number of hydrogen-bond donors (Lipinski definition) is 0. The van der Waals surface area contributed by atoms with Gasteiger partial charge in [0.2, 0.25) is 0 Å². The van der Waals surface area contributed by atoms with E-state index in [1.807, 2.05) is 0 Å². The predicted molar refractivity (Wildman–Crippen MR) is 44.7 cm³/mol. The molecule has 0 aromatic heterocycles. The Balaban J connectivity index is 2.44. The van der Waals surface area contributed by atoms with E-state index in [4.69, 9.17) is 9.47 Å². The molecule has 0 aromatic carbocycles. The van der Waals surface area contributed by atoms with Gasteiger partial charge in [-0.15, -0.1) is 0 Å². The summed E-state index contributed by atoms with van der Waals surface area (Å²) in [5, 5.41) is 0. The summed E-state index contributed by atoms with van der Waals surface area (Å²) in [6.07, 6.45) is 3.45. The minimum absolute atomic E-state index is 0.167. The van der Waals surface area contributed by atoms with Crippen molar-refractivity contribution in [1.82, 2.24) is 0 Å². The monoisotopic (exact) mass is 172 g/mol. The molecule has 0 spiro atoms. The zero-order chi connectivity index (χ0) is 8.97. The molecule has 0 saturated carbocycles. The van der Waals surface area contributed by atoms with Crippen molar-refractivity contribution in [2.45, 2.75) is 38.6 Å². The smallest absolute Gasteiger partial charge is 0.161 e. The van der Waals surface area contributed by atoms with Gasteiger partial charge in [0, 0.05) is 13.0 Å². The van der Waals surface area contributed by atoms with Gasteiger partial charge in [0.1, 0.15) is 12.4 Å². The highest BCUT2D eigenvalue weighted by atomic mass is 16.7. The van der Waals surface area contributed by atoms with Crippen LogP contribution in [0, 0.1) is 5.92 Å². The second kappa shape index (κ2) is 4.58. The molecule has 0 amide bonds. The summed E-state index contributed by atoms with van der Waals surface area (Å²) in [5.74, 6) is 0.398. The second-order valence-electron chi connectivity index (χ2n) is 3.20. The molecule has 1 aliphatic rings. The largest absolute Gasteiger partial charge is 0.356 e. The molecule has 0 bridgehead atoms. The molecule has 0 N–H and O–H groups in total. The number of carbonyl (C=O) groups is 1. The first-order valence-corrected chi connectivity index (χ1v) is 4.45. The van der Waals surface area contributed by atoms with E-state index in [0.29, 0.717) is 5.92 Å². The van der Waals surface area contributed by atoms with Crippen LogP contribution in [0.2, 0.25) is 0 Å². The van der Waals surface area contributed by atoms with Gasteiger partial charge in [0.15, 0.2) is 6.29 Å². The number of carbonyl (C=O) groups excluding carboxylic acids is 1. The first kappa shape index (κ1) is 9.68. The highest BCUT2D eigenvalue weighted by molar-refractivity contribution is 5.56. The van der Waals surface area contributed by atoms with Gasteiger partial charge in [-0.05, 0) is 12.8 Å². The van der Waals surface area contributed by atoms with Crippen LogP contribution in [-0.4, -0.2) is 25.8 Å². The molecule has 3 heteroatoms. The van der Waals surface area contributed by atoms with Crippen molar-refractivity contribution in [2.24, 2.45) is 5.92 Å². The lowest BCUT2D eigenvalue weighted by Gasteiger charge is -2.14. The third-order valence-electron chi connectivity index (χ3n) is 2.27. The molecule has 0 aromatic rings. The maximum atomic E-state index is 10.4. The van der Waals surface area contributed by atoms with Crippen LogP contribution in [0.15, 0.2) is 0 Å². The van der Waals surface area contributed by atoms with Crippen molar-refractivity contribution in [1.29, 1.82) is 0 Å². The summed E-state index contributed by atoms with van der Waals surface area (Å²) >= 11 is 0. The number of methoxy groups -OCH3 is 1. The fourth-order valence-electron chi connectivity index (χ4n) is 1.71. The Morgan fingerprint density at radius 1 is 1.67 bits per heavy atom. The Morgan fingerprint density at radius 2 is 2.42 bits per heavy atom. The zero-order valence-corrected chi connectivity index (χ0v) is 7.66. The standard InChI is InChI=1S/C9H16O3/c1-3-4-7-5-8(6-10)12-9(7)11-2/h6-9H,3-5H2,1-2H3. The van der Waals surface area contributed by atoms with Crippen LogP contribution in [0.3, 0.4) is 0 Å². The molecule has 1 aliphatic heterocycles. The van der Waals surface area contributed by atoms with E-state index in [-0.39, 0.29) is 12.4 Å². The van der Waals surface area contributed by atoms with Crippen LogP contribution < -0.4 is 0 Å². The zero-order valence-electron chi connectivity index (χ0n) is 7.66. The highest BCUT2D eigenvalue weighted by Gasteiger charge is 2.34. The van der Waals surface area contributed by atoms with Gasteiger partial charge in [-0.2, -0.15) is 0 Å². The minimum atomic E-state index is -0.244. The Bertz CT molecular complexity index is 147. The third-order valence-corrected chi connectivity index (χ3v) is 2.27. The molecule has 1 heterocycles. The van der Waals surface area contributed by atoms with E-state index in [9.17, 15) is 4.79 Å². The fourth-order valence-corrected chi connectivity index (χ4v) is 1.71. The maximum absolute atomic E-state index is 10.4. The summed E-state index contributed by atoms with van der Waals surface area (Å²) in [4.78, 5) is 10.4. The molecular weight excluding hydrogens is 156 g/mol. The molecule has 1 rings (SSSR count). The maximum Gasteiger partial charge on any atom is 0.161 e. The summed E-state index contributed by atoms with van der Waals surface area (Å²) < 4.78 is 10.5. The average Bonchev–Trinajstić information content (AvgIpc) is 2.48. The Hall–Kier alpha value is -0.410. The van der Waals surface area contributed by atoms with E-state index in [0.717, 1.165) is 25.5 Å². The van der Waals surface area contributed by atoms with Crippen LogP contribution in [0.25, 0.3) is 0 Å². The van der Waals surface area contributed by atoms with E-state index in [1.54, 1.807) is 7.11 Å². The van der Waals surface area contributed by atoms with Gasteiger partial charge in [-0.1, -0.05) is 13.3 Å². The molecule has 12 heavy (non-hydrogen) atoms. The van der Waals surface area contributed by atoms with Crippen molar-refractivity contribution in [2.75, 3.05) is 7.11 Å². The molecule has 0 aliphatic carbocycles. The predicted octanol–water partition coefficient (Wildman–Crippen LogP) is 1.36. The van der Waals surface area contributed by atoms with Crippen LogP contribution in [0.4, 0.5) is 0 Å². The molecule has 3 atom stereocenters. The number of hydrogen-bond acceptors (Lipinski definition) is 3.